The molecule has 2 amide bonds. The van der Waals surface area contributed by atoms with Crippen LogP contribution in [0.1, 0.15) is 0 Å². The number of nitro groups is 1. The number of anilines is 1. The van der Waals surface area contributed by atoms with Crippen molar-refractivity contribution in [3.05, 3.63) is 34.1 Å². The van der Waals surface area contributed by atoms with Crippen LogP contribution in [0, 0.1) is 15.9 Å². The number of nitrogens with two attached hydrogens (primary N) is 1. The maximum Gasteiger partial charge on any atom is 0.306 e. The Labute approximate surface area is 106 Å². The largest absolute Gasteiger partial charge is 0.346 e. The van der Waals surface area contributed by atoms with Crippen molar-refractivity contribution in [1.29, 1.82) is 0 Å². The highest BCUT2D eigenvalue weighted by atomic mass is 19.1. The minimum absolute atomic E-state index is 0.0556. The van der Waals surface area contributed by atoms with E-state index in [0.29, 0.717) is 0 Å². The van der Waals surface area contributed by atoms with E-state index in [1.807, 2.05) is 0 Å². The lowest BCUT2D eigenvalue weighted by Crippen LogP contribution is -2.36. The van der Waals surface area contributed by atoms with Gasteiger partial charge in [0.25, 0.3) is 0 Å². The van der Waals surface area contributed by atoms with Crippen LogP contribution in [0.15, 0.2) is 18.2 Å². The van der Waals surface area contributed by atoms with Crippen LogP contribution in [0.2, 0.25) is 0 Å². The molecule has 0 radical (unpaired) electrons. The molecule has 4 N–H and O–H groups in total. The van der Waals surface area contributed by atoms with Gasteiger partial charge in [0.2, 0.25) is 17.6 Å². The second kappa shape index (κ2) is 6.40. The maximum atomic E-state index is 13.0. The number of hydrogen-bond acceptors (Lipinski definition) is 5. The Morgan fingerprint density at radius 3 is 2.63 bits per heavy atom. The summed E-state index contributed by atoms with van der Waals surface area (Å²) >= 11 is 0. The third kappa shape index (κ3) is 4.32. The zero-order valence-electron chi connectivity index (χ0n) is 9.68. The molecule has 0 aromatic heterocycles. The summed E-state index contributed by atoms with van der Waals surface area (Å²) in [5.74, 6) is -2.12. The van der Waals surface area contributed by atoms with Crippen LogP contribution in [-0.4, -0.2) is 29.8 Å². The summed E-state index contributed by atoms with van der Waals surface area (Å²) in [5, 5.41) is 15.0. The summed E-state index contributed by atoms with van der Waals surface area (Å²) in [6.07, 6.45) is 0. The molecule has 9 heteroatoms. The monoisotopic (exact) mass is 270 g/mol. The minimum atomic E-state index is -1.00. The summed E-state index contributed by atoms with van der Waals surface area (Å²) < 4.78 is 13.0. The molecule has 0 aliphatic rings. The van der Waals surface area contributed by atoms with Crippen LogP contribution in [0.25, 0.3) is 0 Å². The Morgan fingerprint density at radius 1 is 1.37 bits per heavy atom. The van der Waals surface area contributed by atoms with Crippen molar-refractivity contribution in [3.63, 3.8) is 0 Å². The Balaban J connectivity index is 2.67. The second-order valence-corrected chi connectivity index (χ2v) is 3.45. The van der Waals surface area contributed by atoms with E-state index in [0.717, 1.165) is 12.1 Å². The normalized spacial score (nSPS) is 9.79. The average Bonchev–Trinajstić information content (AvgIpc) is 2.37. The molecule has 0 heterocycles. The molecule has 102 valence electrons. The predicted octanol–water partition coefficient (Wildman–Crippen LogP) is -0.253. The van der Waals surface area contributed by atoms with E-state index in [1.165, 1.54) is 6.07 Å². The van der Waals surface area contributed by atoms with Crippen LogP contribution in [-0.2, 0) is 9.59 Å². The van der Waals surface area contributed by atoms with Crippen LogP contribution in [0.5, 0.6) is 0 Å². The first-order chi connectivity index (χ1) is 8.93. The van der Waals surface area contributed by atoms with Gasteiger partial charge in [0.1, 0.15) is 0 Å². The number of nitrogens with one attached hydrogen (secondary N) is 2. The smallest absolute Gasteiger partial charge is 0.306 e. The Morgan fingerprint density at radius 2 is 2.05 bits per heavy atom. The van der Waals surface area contributed by atoms with E-state index >= 15 is 0 Å². The third-order valence-electron chi connectivity index (χ3n) is 2.06. The molecule has 1 rings (SSSR count). The fourth-order valence-electron chi connectivity index (χ4n) is 1.19. The van der Waals surface area contributed by atoms with Gasteiger partial charge in [-0.2, -0.15) is 4.39 Å². The van der Waals surface area contributed by atoms with Crippen molar-refractivity contribution in [1.82, 2.24) is 5.32 Å². The number of nitrogens with zero attached hydrogens (tertiary/aromatic N) is 1. The molecule has 1 aromatic rings. The van der Waals surface area contributed by atoms with E-state index in [9.17, 15) is 24.1 Å². The maximum absolute atomic E-state index is 13.0. The molecule has 0 aliphatic heterocycles. The molecule has 0 fully saturated rings. The zero-order chi connectivity index (χ0) is 14.4. The number of amides is 2. The van der Waals surface area contributed by atoms with Crippen molar-refractivity contribution in [3.8, 4) is 0 Å². The third-order valence-corrected chi connectivity index (χ3v) is 2.06. The van der Waals surface area contributed by atoms with Gasteiger partial charge in [0.15, 0.2) is 0 Å². The lowest BCUT2D eigenvalue weighted by atomic mass is 10.2. The molecular weight excluding hydrogens is 259 g/mol. The average molecular weight is 270 g/mol. The fraction of sp³-hybridized carbons (Fsp3) is 0.200. The van der Waals surface area contributed by atoms with Crippen molar-refractivity contribution in [2.45, 2.75) is 0 Å². The van der Waals surface area contributed by atoms with Gasteiger partial charge in [-0.1, -0.05) is 0 Å². The predicted molar refractivity (Wildman–Crippen MR) is 63.7 cm³/mol. The summed E-state index contributed by atoms with van der Waals surface area (Å²) in [4.78, 5) is 31.8. The van der Waals surface area contributed by atoms with Gasteiger partial charge in [-0.05, 0) is 12.1 Å². The van der Waals surface area contributed by atoms with Gasteiger partial charge in [0, 0.05) is 11.8 Å². The molecule has 8 nitrogen and oxygen atoms in total. The van der Waals surface area contributed by atoms with Crippen molar-refractivity contribution in [2.24, 2.45) is 5.73 Å². The van der Waals surface area contributed by atoms with Gasteiger partial charge >= 0.3 is 5.69 Å². The van der Waals surface area contributed by atoms with Crippen molar-refractivity contribution >= 4 is 23.2 Å². The highest BCUT2D eigenvalue weighted by Gasteiger charge is 2.15. The first kappa shape index (κ1) is 14.5. The van der Waals surface area contributed by atoms with Gasteiger partial charge in [-0.3, -0.25) is 19.7 Å². The van der Waals surface area contributed by atoms with Crippen LogP contribution < -0.4 is 16.4 Å². The summed E-state index contributed by atoms with van der Waals surface area (Å²) in [5.41, 5.74) is 4.33. The van der Waals surface area contributed by atoms with E-state index in [1.54, 1.807) is 0 Å². The molecule has 0 saturated heterocycles. The number of nitro benzene ring substituents is 1. The quantitative estimate of drug-likeness (QED) is 0.502. The SMILES string of the molecule is NCC(=O)NCC(=O)Nc1ccc(F)c([N+](=O)[O-])c1. The van der Waals surface area contributed by atoms with E-state index in [2.05, 4.69) is 10.6 Å². The molecule has 0 atom stereocenters. The Hall–Kier alpha value is -2.55. The zero-order valence-corrected chi connectivity index (χ0v) is 9.68. The Bertz CT molecular complexity index is 520. The van der Waals surface area contributed by atoms with E-state index in [4.69, 9.17) is 5.73 Å². The van der Waals surface area contributed by atoms with Gasteiger partial charge in [-0.25, -0.2) is 0 Å². The Kier molecular flexibility index (Phi) is 4.89. The molecule has 0 unspecified atom stereocenters. The number of halogens is 1. The summed E-state index contributed by atoms with van der Waals surface area (Å²) in [6.45, 7) is -0.587. The first-order valence-electron chi connectivity index (χ1n) is 5.14. The van der Waals surface area contributed by atoms with E-state index in [-0.39, 0.29) is 18.8 Å². The van der Waals surface area contributed by atoms with Gasteiger partial charge < -0.3 is 16.4 Å². The standard InChI is InChI=1S/C10H11FN4O4/c11-7-2-1-6(3-8(7)15(18)19)14-10(17)5-13-9(16)4-12/h1-3H,4-5,12H2,(H,13,16)(H,14,17). The molecule has 0 aliphatic carbocycles. The van der Waals surface area contributed by atoms with Crippen LogP contribution in [0.4, 0.5) is 15.8 Å². The van der Waals surface area contributed by atoms with Crippen LogP contribution in [0.3, 0.4) is 0 Å². The topological polar surface area (TPSA) is 127 Å². The van der Waals surface area contributed by atoms with Gasteiger partial charge in [0.05, 0.1) is 18.0 Å². The molecule has 0 bridgehead atoms. The summed E-state index contributed by atoms with van der Waals surface area (Å²) in [7, 11) is 0. The molecular formula is C10H11FN4O4. The molecule has 0 saturated carbocycles. The van der Waals surface area contributed by atoms with E-state index < -0.39 is 28.2 Å². The molecule has 1 aromatic carbocycles. The highest BCUT2D eigenvalue weighted by Crippen LogP contribution is 2.21. The lowest BCUT2D eigenvalue weighted by Gasteiger charge is -2.06. The summed E-state index contributed by atoms with van der Waals surface area (Å²) in [6, 6.07) is 2.93. The number of rotatable bonds is 5. The number of carbonyl (C=O) groups is 2. The molecule has 0 spiro atoms. The molecule has 19 heavy (non-hydrogen) atoms. The number of benzene rings is 1. The first-order valence-corrected chi connectivity index (χ1v) is 5.14. The second-order valence-electron chi connectivity index (χ2n) is 3.45. The highest BCUT2D eigenvalue weighted by molar-refractivity contribution is 5.94. The van der Waals surface area contributed by atoms with Crippen molar-refractivity contribution < 1.29 is 18.9 Å². The van der Waals surface area contributed by atoms with Gasteiger partial charge in [-0.15, -0.1) is 0 Å². The number of carbonyl (C=O) groups excluding carboxylic acids is 2. The van der Waals surface area contributed by atoms with Crippen molar-refractivity contribution in [2.75, 3.05) is 18.4 Å². The number of hydrogen-bond donors (Lipinski definition) is 3. The minimum Gasteiger partial charge on any atom is -0.346 e. The fourth-order valence-corrected chi connectivity index (χ4v) is 1.19. The van der Waals surface area contributed by atoms with Crippen LogP contribution >= 0.6 is 0 Å². The lowest BCUT2D eigenvalue weighted by molar-refractivity contribution is -0.387.